The Labute approximate surface area is 106 Å². The summed E-state index contributed by atoms with van der Waals surface area (Å²) in [6, 6.07) is 10.0. The first-order chi connectivity index (χ1) is 8.74. The van der Waals surface area contributed by atoms with Crippen LogP contribution in [0.1, 0.15) is 11.1 Å². The zero-order valence-corrected chi connectivity index (χ0v) is 9.96. The maximum Gasteiger partial charge on any atom is 0.102 e. The molecule has 88 valence electrons. The maximum absolute atomic E-state index is 9.29. The molecular formula is C15H12N2O. The van der Waals surface area contributed by atoms with Gasteiger partial charge in [-0.2, -0.15) is 5.26 Å². The lowest BCUT2D eigenvalue weighted by Gasteiger charge is -2.06. The molecule has 0 atom stereocenters. The van der Waals surface area contributed by atoms with E-state index in [2.05, 4.69) is 11.2 Å². The van der Waals surface area contributed by atoms with E-state index in [1.165, 1.54) is 0 Å². The van der Waals surface area contributed by atoms with Crippen LogP contribution < -0.4 is 0 Å². The lowest BCUT2D eigenvalue weighted by Crippen LogP contribution is -1.95. The molecule has 1 aromatic carbocycles. The van der Waals surface area contributed by atoms with E-state index in [1.807, 2.05) is 31.2 Å². The summed E-state index contributed by atoms with van der Waals surface area (Å²) in [5.74, 6) is 0. The Balaban J connectivity index is 2.48. The number of allylic oxidation sites excluding steroid dienone is 6. The van der Waals surface area contributed by atoms with Crippen molar-refractivity contribution in [1.29, 1.82) is 5.26 Å². The largest absolute Gasteiger partial charge is 0.410 e. The van der Waals surface area contributed by atoms with Crippen molar-refractivity contribution in [2.24, 2.45) is 5.16 Å². The van der Waals surface area contributed by atoms with Crippen LogP contribution in [0.25, 0.3) is 5.57 Å². The van der Waals surface area contributed by atoms with Crippen LogP contribution >= 0.6 is 0 Å². The first-order valence-electron chi connectivity index (χ1n) is 5.54. The number of hydrogen-bond acceptors (Lipinski definition) is 3. The molecule has 1 aromatic rings. The van der Waals surface area contributed by atoms with Gasteiger partial charge in [-0.05, 0) is 30.2 Å². The molecule has 3 nitrogen and oxygen atoms in total. The van der Waals surface area contributed by atoms with Gasteiger partial charge >= 0.3 is 0 Å². The van der Waals surface area contributed by atoms with Gasteiger partial charge in [-0.25, -0.2) is 0 Å². The van der Waals surface area contributed by atoms with Gasteiger partial charge in [-0.3, -0.25) is 0 Å². The summed E-state index contributed by atoms with van der Waals surface area (Å²) in [4.78, 5) is 0. The zero-order valence-electron chi connectivity index (χ0n) is 9.96. The van der Waals surface area contributed by atoms with Gasteiger partial charge in [0.25, 0.3) is 0 Å². The highest BCUT2D eigenvalue weighted by molar-refractivity contribution is 6.06. The van der Waals surface area contributed by atoms with Crippen molar-refractivity contribution in [3.8, 4) is 6.07 Å². The summed E-state index contributed by atoms with van der Waals surface area (Å²) in [5, 5.41) is 21.0. The minimum Gasteiger partial charge on any atom is -0.410 e. The van der Waals surface area contributed by atoms with E-state index in [4.69, 9.17) is 5.21 Å². The average molecular weight is 236 g/mol. The van der Waals surface area contributed by atoms with Crippen molar-refractivity contribution in [3.63, 3.8) is 0 Å². The van der Waals surface area contributed by atoms with Crippen LogP contribution in [-0.2, 0) is 0 Å². The van der Waals surface area contributed by atoms with Gasteiger partial charge in [-0.1, -0.05) is 47.1 Å². The fourth-order valence-corrected chi connectivity index (χ4v) is 1.79. The van der Waals surface area contributed by atoms with Gasteiger partial charge in [0.05, 0.1) is 5.57 Å². The fourth-order valence-electron chi connectivity index (χ4n) is 1.79. The minimum atomic E-state index is 0.472. The van der Waals surface area contributed by atoms with Crippen molar-refractivity contribution in [2.75, 3.05) is 0 Å². The highest BCUT2D eigenvalue weighted by Gasteiger charge is 2.08. The predicted octanol–water partition coefficient (Wildman–Crippen LogP) is 3.23. The number of hydrogen-bond donors (Lipinski definition) is 1. The van der Waals surface area contributed by atoms with E-state index >= 15 is 0 Å². The molecule has 0 aliphatic heterocycles. The van der Waals surface area contributed by atoms with Crippen molar-refractivity contribution >= 4 is 11.3 Å². The zero-order chi connectivity index (χ0) is 13.0. The van der Waals surface area contributed by atoms with E-state index in [-0.39, 0.29) is 0 Å². The summed E-state index contributed by atoms with van der Waals surface area (Å²) in [6.07, 6.45) is 6.89. The summed E-state index contributed by atoms with van der Waals surface area (Å²) in [6.45, 7) is 1.99. The van der Waals surface area contributed by atoms with Gasteiger partial charge < -0.3 is 5.21 Å². The smallest absolute Gasteiger partial charge is 0.102 e. The highest BCUT2D eigenvalue weighted by Crippen LogP contribution is 2.22. The van der Waals surface area contributed by atoms with E-state index in [9.17, 15) is 5.26 Å². The molecule has 18 heavy (non-hydrogen) atoms. The van der Waals surface area contributed by atoms with Crippen molar-refractivity contribution in [2.45, 2.75) is 6.92 Å². The molecule has 0 spiro atoms. The molecule has 0 aromatic heterocycles. The summed E-state index contributed by atoms with van der Waals surface area (Å²) in [7, 11) is 0. The third-order valence-corrected chi connectivity index (χ3v) is 2.69. The van der Waals surface area contributed by atoms with Crippen molar-refractivity contribution < 1.29 is 5.21 Å². The topological polar surface area (TPSA) is 56.4 Å². The molecular weight excluding hydrogens is 224 g/mol. The first kappa shape index (κ1) is 11.9. The van der Waals surface area contributed by atoms with Crippen LogP contribution in [0, 0.1) is 18.3 Å². The summed E-state index contributed by atoms with van der Waals surface area (Å²) < 4.78 is 0. The fraction of sp³-hybridized carbons (Fsp3) is 0.0667. The second-order valence-electron chi connectivity index (χ2n) is 4.00. The molecule has 0 amide bonds. The SMILES string of the molecule is Cc1cccc(C(C#N)=C2C=CC(=NO)C=C2)c1. The Kier molecular flexibility index (Phi) is 3.40. The molecule has 0 radical (unpaired) electrons. The molecule has 1 aliphatic carbocycles. The Morgan fingerprint density at radius 1 is 1.22 bits per heavy atom. The standard InChI is InChI=1S/C15H12N2O/c1-11-3-2-4-13(9-11)15(10-16)12-5-7-14(17-18)8-6-12/h2-9,18H,1H3. The summed E-state index contributed by atoms with van der Waals surface area (Å²) in [5.41, 5.74) is 3.91. The van der Waals surface area contributed by atoms with Crippen LogP contribution in [0.3, 0.4) is 0 Å². The van der Waals surface area contributed by atoms with Crippen LogP contribution in [0.4, 0.5) is 0 Å². The quantitative estimate of drug-likeness (QED) is 0.462. The molecule has 0 fully saturated rings. The van der Waals surface area contributed by atoms with E-state index < -0.39 is 0 Å². The van der Waals surface area contributed by atoms with Gasteiger partial charge in [-0.15, -0.1) is 0 Å². The van der Waals surface area contributed by atoms with Gasteiger partial charge in [0.1, 0.15) is 11.8 Å². The molecule has 0 bridgehead atoms. The minimum absolute atomic E-state index is 0.472. The van der Waals surface area contributed by atoms with Gasteiger partial charge in [0, 0.05) is 0 Å². The number of nitriles is 1. The second-order valence-corrected chi connectivity index (χ2v) is 4.00. The number of oxime groups is 1. The molecule has 0 saturated carbocycles. The van der Waals surface area contributed by atoms with Crippen LogP contribution in [0.15, 0.2) is 59.3 Å². The lowest BCUT2D eigenvalue weighted by atomic mass is 9.96. The van der Waals surface area contributed by atoms with E-state index in [1.54, 1.807) is 24.3 Å². The third kappa shape index (κ3) is 2.38. The number of benzene rings is 1. The third-order valence-electron chi connectivity index (χ3n) is 2.69. The number of rotatable bonds is 1. The number of aryl methyl sites for hydroxylation is 1. The van der Waals surface area contributed by atoms with E-state index in [0.717, 1.165) is 16.7 Å². The maximum atomic E-state index is 9.29. The molecule has 0 unspecified atom stereocenters. The number of nitrogens with zero attached hydrogens (tertiary/aromatic N) is 2. The monoisotopic (exact) mass is 236 g/mol. The normalized spacial score (nSPS) is 13.3. The Morgan fingerprint density at radius 2 is 1.94 bits per heavy atom. The van der Waals surface area contributed by atoms with Crippen molar-refractivity contribution in [3.05, 3.63) is 65.3 Å². The Bertz CT molecular complexity index is 610. The summed E-state index contributed by atoms with van der Waals surface area (Å²) >= 11 is 0. The molecule has 2 rings (SSSR count). The molecule has 1 aliphatic rings. The molecule has 0 heterocycles. The van der Waals surface area contributed by atoms with Crippen molar-refractivity contribution in [1.82, 2.24) is 0 Å². The Hall–Kier alpha value is -2.60. The Morgan fingerprint density at radius 3 is 2.50 bits per heavy atom. The molecule has 0 saturated heterocycles. The lowest BCUT2D eigenvalue weighted by molar-refractivity contribution is 0.320. The molecule has 1 N–H and O–H groups in total. The van der Waals surface area contributed by atoms with Gasteiger partial charge in [0.2, 0.25) is 0 Å². The predicted molar refractivity (Wildman–Crippen MR) is 71.2 cm³/mol. The van der Waals surface area contributed by atoms with Crippen LogP contribution in [0.2, 0.25) is 0 Å². The first-order valence-corrected chi connectivity index (χ1v) is 5.54. The highest BCUT2D eigenvalue weighted by atomic mass is 16.4. The van der Waals surface area contributed by atoms with Crippen LogP contribution in [0.5, 0.6) is 0 Å². The van der Waals surface area contributed by atoms with E-state index in [0.29, 0.717) is 11.3 Å². The average Bonchev–Trinajstić information content (AvgIpc) is 2.40. The second kappa shape index (κ2) is 5.15. The van der Waals surface area contributed by atoms with Gasteiger partial charge in [0.15, 0.2) is 0 Å². The van der Waals surface area contributed by atoms with Crippen LogP contribution in [-0.4, -0.2) is 10.9 Å². The molecule has 3 heteroatoms.